The van der Waals surface area contributed by atoms with Crippen LogP contribution in [0.2, 0.25) is 0 Å². The molecule has 1 atom stereocenters. The number of benzene rings is 3. The van der Waals surface area contributed by atoms with E-state index < -0.39 is 10.0 Å². The summed E-state index contributed by atoms with van der Waals surface area (Å²) in [6.07, 6.45) is 0.683. The second-order valence-corrected chi connectivity index (χ2v) is 10.3. The van der Waals surface area contributed by atoms with Gasteiger partial charge in [0.05, 0.1) is 18.0 Å². The number of amides is 1. The molecule has 0 aromatic heterocycles. The van der Waals surface area contributed by atoms with Crippen molar-refractivity contribution in [3.63, 3.8) is 0 Å². The van der Waals surface area contributed by atoms with Gasteiger partial charge in [-0.15, -0.1) is 0 Å². The molecule has 0 saturated heterocycles. The van der Waals surface area contributed by atoms with Crippen LogP contribution in [0.15, 0.2) is 59.5 Å². The molecule has 7 heteroatoms. The fourth-order valence-electron chi connectivity index (χ4n) is 4.06. The third-order valence-electron chi connectivity index (χ3n) is 5.75. The highest BCUT2D eigenvalue weighted by Gasteiger charge is 2.21. The van der Waals surface area contributed by atoms with Gasteiger partial charge in [-0.05, 0) is 92.3 Å². The van der Waals surface area contributed by atoms with Gasteiger partial charge in [-0.2, -0.15) is 0 Å². The topological polar surface area (TPSA) is 84.5 Å². The van der Waals surface area contributed by atoms with Gasteiger partial charge in [0.25, 0.3) is 15.9 Å². The average Bonchev–Trinajstić information content (AvgIpc) is 2.76. The second kappa shape index (κ2) is 10.3. The highest BCUT2D eigenvalue weighted by atomic mass is 32.2. The van der Waals surface area contributed by atoms with E-state index in [0.29, 0.717) is 17.7 Å². The summed E-state index contributed by atoms with van der Waals surface area (Å²) in [6, 6.07) is 15.9. The molecule has 0 saturated carbocycles. The van der Waals surface area contributed by atoms with E-state index in [1.165, 1.54) is 6.07 Å². The van der Waals surface area contributed by atoms with E-state index in [-0.39, 0.29) is 22.4 Å². The van der Waals surface area contributed by atoms with Crippen molar-refractivity contribution in [2.24, 2.45) is 0 Å². The molecule has 0 aliphatic carbocycles. The van der Waals surface area contributed by atoms with Crippen LogP contribution in [0.3, 0.4) is 0 Å². The first-order chi connectivity index (χ1) is 16.0. The van der Waals surface area contributed by atoms with Crippen molar-refractivity contribution < 1.29 is 17.9 Å². The van der Waals surface area contributed by atoms with E-state index in [1.807, 2.05) is 52.0 Å². The Morgan fingerprint density at radius 3 is 2.18 bits per heavy atom. The zero-order valence-electron chi connectivity index (χ0n) is 20.5. The summed E-state index contributed by atoms with van der Waals surface area (Å²) in [7, 11) is -2.25. The summed E-state index contributed by atoms with van der Waals surface area (Å²) in [5.74, 6) is 0.456. The lowest BCUT2D eigenvalue weighted by Crippen LogP contribution is -2.28. The van der Waals surface area contributed by atoms with Gasteiger partial charge in [0.2, 0.25) is 0 Å². The Kier molecular flexibility index (Phi) is 7.67. The maximum Gasteiger partial charge on any atom is 0.262 e. The van der Waals surface area contributed by atoms with Crippen molar-refractivity contribution in [1.82, 2.24) is 5.32 Å². The van der Waals surface area contributed by atoms with Gasteiger partial charge < -0.3 is 10.1 Å². The lowest BCUT2D eigenvalue weighted by atomic mass is 10.0. The molecule has 0 bridgehead atoms. The molecule has 180 valence electrons. The van der Waals surface area contributed by atoms with E-state index in [9.17, 15) is 13.2 Å². The SMILES string of the molecule is CC[C@@H](NC(=O)c1ccc(C)c(S(=O)(=O)Nc2cc(C)cc(C)c2)c1)c1ccc(OC)c(C)c1. The molecule has 0 aliphatic heterocycles. The monoisotopic (exact) mass is 480 g/mol. The van der Waals surface area contributed by atoms with Crippen molar-refractivity contribution in [2.75, 3.05) is 11.8 Å². The van der Waals surface area contributed by atoms with Gasteiger partial charge in [0.15, 0.2) is 0 Å². The van der Waals surface area contributed by atoms with Crippen LogP contribution in [0.1, 0.15) is 57.6 Å². The quantitative estimate of drug-likeness (QED) is 0.439. The van der Waals surface area contributed by atoms with Crippen LogP contribution in [0.4, 0.5) is 5.69 Å². The first-order valence-corrected chi connectivity index (χ1v) is 12.7. The van der Waals surface area contributed by atoms with Crippen LogP contribution in [-0.4, -0.2) is 21.4 Å². The van der Waals surface area contributed by atoms with Crippen LogP contribution in [0.25, 0.3) is 0 Å². The molecule has 3 aromatic carbocycles. The molecule has 1 amide bonds. The Morgan fingerprint density at radius 2 is 1.59 bits per heavy atom. The molecule has 6 nitrogen and oxygen atoms in total. The number of hydrogen-bond donors (Lipinski definition) is 2. The molecule has 34 heavy (non-hydrogen) atoms. The van der Waals surface area contributed by atoms with E-state index in [2.05, 4.69) is 10.0 Å². The zero-order valence-corrected chi connectivity index (χ0v) is 21.3. The van der Waals surface area contributed by atoms with Gasteiger partial charge >= 0.3 is 0 Å². The molecule has 0 aliphatic rings. The lowest BCUT2D eigenvalue weighted by molar-refractivity contribution is 0.0935. The van der Waals surface area contributed by atoms with Crippen molar-refractivity contribution in [2.45, 2.75) is 52.0 Å². The third kappa shape index (κ3) is 5.78. The Morgan fingerprint density at radius 1 is 0.912 bits per heavy atom. The summed E-state index contributed by atoms with van der Waals surface area (Å²) in [6.45, 7) is 9.48. The van der Waals surface area contributed by atoms with Crippen LogP contribution >= 0.6 is 0 Å². The summed E-state index contributed by atoms with van der Waals surface area (Å²) in [4.78, 5) is 13.2. The minimum Gasteiger partial charge on any atom is -0.496 e. The highest BCUT2D eigenvalue weighted by Crippen LogP contribution is 2.26. The number of nitrogens with one attached hydrogen (secondary N) is 2. The number of aryl methyl sites for hydroxylation is 4. The highest BCUT2D eigenvalue weighted by molar-refractivity contribution is 7.92. The molecule has 0 radical (unpaired) electrons. The number of carbonyl (C=O) groups is 1. The molecular formula is C27H32N2O4S. The molecule has 2 N–H and O–H groups in total. The lowest BCUT2D eigenvalue weighted by Gasteiger charge is -2.19. The average molecular weight is 481 g/mol. The van der Waals surface area contributed by atoms with Gasteiger partial charge in [0.1, 0.15) is 5.75 Å². The van der Waals surface area contributed by atoms with Crippen molar-refractivity contribution >= 4 is 21.6 Å². The normalized spacial score (nSPS) is 12.2. The molecule has 0 spiro atoms. The van der Waals surface area contributed by atoms with Crippen molar-refractivity contribution in [1.29, 1.82) is 0 Å². The minimum absolute atomic E-state index is 0.0765. The number of rotatable bonds is 8. The van der Waals surface area contributed by atoms with E-state index in [1.54, 1.807) is 38.3 Å². The van der Waals surface area contributed by atoms with E-state index in [0.717, 1.165) is 28.0 Å². The van der Waals surface area contributed by atoms with E-state index in [4.69, 9.17) is 4.74 Å². The van der Waals surface area contributed by atoms with Gasteiger partial charge in [-0.1, -0.05) is 31.2 Å². The Balaban J connectivity index is 1.86. The fraction of sp³-hybridized carbons (Fsp3) is 0.296. The minimum atomic E-state index is -3.88. The number of hydrogen-bond acceptors (Lipinski definition) is 4. The molecular weight excluding hydrogens is 448 g/mol. The summed E-state index contributed by atoms with van der Waals surface area (Å²) < 4.78 is 34.3. The van der Waals surface area contributed by atoms with Crippen LogP contribution in [-0.2, 0) is 10.0 Å². The fourth-order valence-corrected chi connectivity index (χ4v) is 5.37. The Hall–Kier alpha value is -3.32. The number of anilines is 1. The summed E-state index contributed by atoms with van der Waals surface area (Å²) >= 11 is 0. The zero-order chi connectivity index (χ0) is 25.0. The maximum absolute atomic E-state index is 13.2. The Labute approximate surface area is 202 Å². The molecule has 3 rings (SSSR count). The third-order valence-corrected chi connectivity index (χ3v) is 7.27. The molecule has 3 aromatic rings. The predicted octanol–water partition coefficient (Wildman–Crippen LogP) is 5.61. The summed E-state index contributed by atoms with van der Waals surface area (Å²) in [5.41, 5.74) is 5.21. The number of carbonyl (C=O) groups excluding carboxylic acids is 1. The first kappa shape index (κ1) is 25.3. The number of ether oxygens (including phenoxy) is 1. The second-order valence-electron chi connectivity index (χ2n) is 8.63. The smallest absolute Gasteiger partial charge is 0.262 e. The standard InChI is InChI=1S/C27H32N2O4S/c1-7-24(21-10-11-25(33-6)20(5)15-21)28-27(30)22-9-8-19(4)26(16-22)34(31,32)29-23-13-17(2)12-18(3)14-23/h8-16,24,29H,7H2,1-6H3,(H,28,30)/t24-/m1/s1. The molecule has 0 heterocycles. The van der Waals surface area contributed by atoms with Gasteiger partial charge in [-0.3, -0.25) is 9.52 Å². The molecule has 0 fully saturated rings. The predicted molar refractivity (Wildman–Crippen MR) is 136 cm³/mol. The molecule has 0 unspecified atom stereocenters. The first-order valence-electron chi connectivity index (χ1n) is 11.2. The Bertz CT molecular complexity index is 1300. The van der Waals surface area contributed by atoms with E-state index >= 15 is 0 Å². The van der Waals surface area contributed by atoms with Crippen LogP contribution in [0, 0.1) is 27.7 Å². The van der Waals surface area contributed by atoms with Crippen LogP contribution < -0.4 is 14.8 Å². The number of methoxy groups -OCH3 is 1. The van der Waals surface area contributed by atoms with Crippen molar-refractivity contribution in [3.05, 3.63) is 88.0 Å². The van der Waals surface area contributed by atoms with Crippen LogP contribution in [0.5, 0.6) is 5.75 Å². The maximum atomic E-state index is 13.2. The van der Waals surface area contributed by atoms with Crippen molar-refractivity contribution in [3.8, 4) is 5.75 Å². The van der Waals surface area contributed by atoms with Gasteiger partial charge in [-0.25, -0.2) is 8.42 Å². The number of sulfonamides is 1. The van der Waals surface area contributed by atoms with Gasteiger partial charge in [0, 0.05) is 11.3 Å². The largest absolute Gasteiger partial charge is 0.496 e. The summed E-state index contributed by atoms with van der Waals surface area (Å²) in [5, 5.41) is 3.03.